The molecule has 19 heavy (non-hydrogen) atoms. The second kappa shape index (κ2) is 4.51. The predicted molar refractivity (Wildman–Crippen MR) is 70.2 cm³/mol. The summed E-state index contributed by atoms with van der Waals surface area (Å²) in [6.45, 7) is 1.99. The molecule has 2 heterocycles. The van der Waals surface area contributed by atoms with E-state index in [1.807, 2.05) is 0 Å². The van der Waals surface area contributed by atoms with Gasteiger partial charge in [-0.15, -0.1) is 0 Å². The second-order valence-corrected chi connectivity index (χ2v) is 4.82. The molecule has 1 unspecified atom stereocenters. The second-order valence-electron chi connectivity index (χ2n) is 4.82. The highest BCUT2D eigenvalue weighted by atomic mass is 16.6. The normalized spacial score (nSPS) is 19.9. The zero-order valence-corrected chi connectivity index (χ0v) is 10.5. The largest absolute Gasteiger partial charge is 0.424 e. The Kier molecular flexibility index (Phi) is 2.83. The molecule has 100 valence electrons. The molecule has 1 fully saturated rings. The number of hydrogen-bond donors (Lipinski definition) is 1. The molecule has 1 N–H and O–H groups in total. The maximum atomic E-state index is 10.7. The van der Waals surface area contributed by atoms with Crippen molar-refractivity contribution in [2.24, 2.45) is 0 Å². The summed E-state index contributed by atoms with van der Waals surface area (Å²) in [4.78, 5) is 16.7. The fourth-order valence-electron chi connectivity index (χ4n) is 2.32. The first-order chi connectivity index (χ1) is 9.11. The van der Waals surface area contributed by atoms with Gasteiger partial charge in [-0.3, -0.25) is 10.1 Å². The van der Waals surface area contributed by atoms with E-state index >= 15 is 0 Å². The van der Waals surface area contributed by atoms with E-state index in [2.05, 4.69) is 22.2 Å². The maximum Gasteiger partial charge on any atom is 0.295 e. The van der Waals surface area contributed by atoms with Crippen LogP contribution in [0, 0.1) is 10.1 Å². The minimum absolute atomic E-state index is 0.0212. The van der Waals surface area contributed by atoms with Crippen LogP contribution in [0.25, 0.3) is 11.1 Å². The summed E-state index contributed by atoms with van der Waals surface area (Å²) in [5, 5.41) is 13.9. The number of oxazole rings is 1. The number of aromatic nitrogens is 1. The number of nitrogens with one attached hydrogen (secondary N) is 1. The van der Waals surface area contributed by atoms with Gasteiger partial charge >= 0.3 is 0 Å². The fourth-order valence-corrected chi connectivity index (χ4v) is 2.32. The number of hydrogen-bond acceptors (Lipinski definition) is 6. The van der Waals surface area contributed by atoms with Gasteiger partial charge in [0.05, 0.1) is 4.92 Å². The number of anilines is 1. The van der Waals surface area contributed by atoms with Crippen LogP contribution in [0.15, 0.2) is 22.6 Å². The van der Waals surface area contributed by atoms with E-state index in [9.17, 15) is 10.1 Å². The number of non-ortho nitro benzene ring substituents is 1. The highest BCUT2D eigenvalue weighted by Gasteiger charge is 2.21. The lowest BCUT2D eigenvalue weighted by Crippen LogP contribution is -2.23. The Hall–Kier alpha value is -2.15. The van der Waals surface area contributed by atoms with Gasteiger partial charge in [-0.25, -0.2) is 0 Å². The summed E-state index contributed by atoms with van der Waals surface area (Å²) >= 11 is 0. The number of fused-ring (bicyclic) bond motifs is 1. The van der Waals surface area contributed by atoms with Gasteiger partial charge in [0.2, 0.25) is 0 Å². The van der Waals surface area contributed by atoms with Crippen LogP contribution in [0.5, 0.6) is 0 Å². The minimum Gasteiger partial charge on any atom is -0.424 e. The number of rotatable bonds is 3. The van der Waals surface area contributed by atoms with E-state index in [-0.39, 0.29) is 5.69 Å². The van der Waals surface area contributed by atoms with Gasteiger partial charge in [0.1, 0.15) is 5.52 Å². The van der Waals surface area contributed by atoms with Crippen LogP contribution >= 0.6 is 0 Å². The highest BCUT2D eigenvalue weighted by molar-refractivity contribution is 5.77. The van der Waals surface area contributed by atoms with Gasteiger partial charge in [-0.2, -0.15) is 4.98 Å². The zero-order valence-electron chi connectivity index (χ0n) is 10.5. The molecule has 1 aliphatic heterocycles. The molecule has 2 aromatic rings. The van der Waals surface area contributed by atoms with Gasteiger partial charge in [-0.1, -0.05) is 0 Å². The first-order valence-corrected chi connectivity index (χ1v) is 6.12. The SMILES string of the molecule is CN1CCC(Nc2nc3cc([N+](=O)[O-])ccc3o2)C1. The quantitative estimate of drug-likeness (QED) is 0.671. The Morgan fingerprint density at radius 2 is 2.42 bits per heavy atom. The first kappa shape index (κ1) is 11.9. The molecule has 7 nitrogen and oxygen atoms in total. The molecule has 0 spiro atoms. The lowest BCUT2D eigenvalue weighted by molar-refractivity contribution is -0.384. The molecule has 7 heteroatoms. The van der Waals surface area contributed by atoms with E-state index < -0.39 is 4.92 Å². The standard InChI is InChI=1S/C12H14N4O3/c1-15-5-4-8(7-15)13-12-14-10-6-9(16(17)18)2-3-11(10)19-12/h2-3,6,8H,4-5,7H2,1H3,(H,13,14). The number of nitro groups is 1. The molecule has 0 radical (unpaired) electrons. The zero-order chi connectivity index (χ0) is 13.4. The Morgan fingerprint density at radius 1 is 1.58 bits per heavy atom. The monoisotopic (exact) mass is 262 g/mol. The van der Waals surface area contributed by atoms with Crippen LogP contribution in [-0.4, -0.2) is 41.0 Å². The topological polar surface area (TPSA) is 84.4 Å². The van der Waals surface area contributed by atoms with Crippen molar-refractivity contribution in [3.05, 3.63) is 28.3 Å². The molecule has 1 saturated heterocycles. The lowest BCUT2D eigenvalue weighted by atomic mass is 10.3. The van der Waals surface area contributed by atoms with Gasteiger partial charge < -0.3 is 14.6 Å². The Labute approximate surface area is 109 Å². The summed E-state index contributed by atoms with van der Waals surface area (Å²) in [5.74, 6) is 0. The molecule has 0 amide bonds. The summed E-state index contributed by atoms with van der Waals surface area (Å²) in [5.41, 5.74) is 1.08. The van der Waals surface area contributed by atoms with Crippen molar-refractivity contribution >= 4 is 22.8 Å². The maximum absolute atomic E-state index is 10.7. The molecule has 1 aromatic heterocycles. The number of likely N-dealkylation sites (tertiary alicyclic amines) is 1. The van der Waals surface area contributed by atoms with E-state index in [0.717, 1.165) is 19.5 Å². The van der Waals surface area contributed by atoms with Crippen LogP contribution in [-0.2, 0) is 0 Å². The van der Waals surface area contributed by atoms with Crippen LogP contribution < -0.4 is 5.32 Å². The van der Waals surface area contributed by atoms with E-state index in [4.69, 9.17) is 4.42 Å². The predicted octanol–water partition coefficient (Wildman–Crippen LogP) is 1.85. The summed E-state index contributed by atoms with van der Waals surface area (Å²) < 4.78 is 5.54. The molecule has 0 bridgehead atoms. The minimum atomic E-state index is -0.437. The van der Waals surface area contributed by atoms with Crippen molar-refractivity contribution in [3.63, 3.8) is 0 Å². The third-order valence-electron chi connectivity index (χ3n) is 3.30. The van der Waals surface area contributed by atoms with Gasteiger partial charge in [0, 0.05) is 24.7 Å². The number of likely N-dealkylation sites (N-methyl/N-ethyl adjacent to an activating group) is 1. The van der Waals surface area contributed by atoms with Gasteiger partial charge in [0.15, 0.2) is 5.58 Å². The number of nitro benzene ring substituents is 1. The first-order valence-electron chi connectivity index (χ1n) is 6.12. The van der Waals surface area contributed by atoms with Crippen molar-refractivity contribution in [2.45, 2.75) is 12.5 Å². The summed E-state index contributed by atoms with van der Waals surface area (Å²) in [6.07, 6.45) is 1.04. The molecular weight excluding hydrogens is 248 g/mol. The van der Waals surface area contributed by atoms with Crippen molar-refractivity contribution < 1.29 is 9.34 Å². The number of nitrogens with zero attached hydrogens (tertiary/aromatic N) is 3. The van der Waals surface area contributed by atoms with E-state index in [1.54, 1.807) is 6.07 Å². The lowest BCUT2D eigenvalue weighted by Gasteiger charge is -2.10. The summed E-state index contributed by atoms with van der Waals surface area (Å²) in [7, 11) is 2.07. The van der Waals surface area contributed by atoms with Crippen molar-refractivity contribution in [2.75, 3.05) is 25.5 Å². The summed E-state index contributed by atoms with van der Waals surface area (Å²) in [6, 6.07) is 5.15. The van der Waals surface area contributed by atoms with Crippen LogP contribution in [0.1, 0.15) is 6.42 Å². The molecule has 1 atom stereocenters. The molecular formula is C12H14N4O3. The third-order valence-corrected chi connectivity index (χ3v) is 3.30. The van der Waals surface area contributed by atoms with Gasteiger partial charge in [-0.05, 0) is 26.1 Å². The molecule has 0 aliphatic carbocycles. The molecule has 3 rings (SSSR count). The highest BCUT2D eigenvalue weighted by Crippen LogP contribution is 2.24. The Morgan fingerprint density at radius 3 is 3.11 bits per heavy atom. The van der Waals surface area contributed by atoms with E-state index in [1.165, 1.54) is 12.1 Å². The average molecular weight is 262 g/mol. The van der Waals surface area contributed by atoms with E-state index in [0.29, 0.717) is 23.2 Å². The molecule has 1 aromatic carbocycles. The fraction of sp³-hybridized carbons (Fsp3) is 0.417. The van der Waals surface area contributed by atoms with Crippen molar-refractivity contribution in [1.82, 2.24) is 9.88 Å². The number of benzene rings is 1. The van der Waals surface area contributed by atoms with Crippen molar-refractivity contribution in [3.8, 4) is 0 Å². The van der Waals surface area contributed by atoms with Crippen LogP contribution in [0.2, 0.25) is 0 Å². The van der Waals surface area contributed by atoms with Gasteiger partial charge in [0.25, 0.3) is 11.7 Å². The molecule has 1 aliphatic rings. The van der Waals surface area contributed by atoms with Crippen LogP contribution in [0.4, 0.5) is 11.7 Å². The van der Waals surface area contributed by atoms with Crippen molar-refractivity contribution in [1.29, 1.82) is 0 Å². The Balaban J connectivity index is 1.83. The average Bonchev–Trinajstić information content (AvgIpc) is 2.94. The Bertz CT molecular complexity index is 624. The molecule has 0 saturated carbocycles. The smallest absolute Gasteiger partial charge is 0.295 e. The van der Waals surface area contributed by atoms with Crippen LogP contribution in [0.3, 0.4) is 0 Å². The third kappa shape index (κ3) is 2.37.